The zero-order valence-corrected chi connectivity index (χ0v) is 10.7. The standard InChI is InChI=1S/C13H17FN2O3/c1-2-3-4-7-15-13(19)16-11-8-9(14)5-6-10(11)12(17)18/h5-6,8H,2-4,7H2,1H3,(H,17,18)(H2,15,16,19). The SMILES string of the molecule is CCCCCNC(=O)Nc1cc(F)ccc1C(=O)O. The molecule has 0 aliphatic heterocycles. The first-order chi connectivity index (χ1) is 9.04. The number of urea groups is 1. The maximum absolute atomic E-state index is 13.0. The van der Waals surface area contributed by atoms with E-state index in [-0.39, 0.29) is 11.3 Å². The molecule has 0 bridgehead atoms. The Morgan fingerprint density at radius 2 is 2.05 bits per heavy atom. The van der Waals surface area contributed by atoms with Crippen molar-refractivity contribution in [3.63, 3.8) is 0 Å². The highest BCUT2D eigenvalue weighted by atomic mass is 19.1. The van der Waals surface area contributed by atoms with Gasteiger partial charge in [0.2, 0.25) is 0 Å². The normalized spacial score (nSPS) is 10.0. The lowest BCUT2D eigenvalue weighted by atomic mass is 10.2. The van der Waals surface area contributed by atoms with E-state index >= 15 is 0 Å². The summed E-state index contributed by atoms with van der Waals surface area (Å²) in [7, 11) is 0. The largest absolute Gasteiger partial charge is 0.478 e. The van der Waals surface area contributed by atoms with Crippen molar-refractivity contribution in [2.24, 2.45) is 0 Å². The Kier molecular flexibility index (Phi) is 5.78. The molecule has 5 nitrogen and oxygen atoms in total. The number of carbonyl (C=O) groups is 2. The summed E-state index contributed by atoms with van der Waals surface area (Å²) >= 11 is 0. The number of rotatable bonds is 6. The van der Waals surface area contributed by atoms with Crippen LogP contribution in [0.1, 0.15) is 36.5 Å². The van der Waals surface area contributed by atoms with Crippen molar-refractivity contribution in [1.29, 1.82) is 0 Å². The van der Waals surface area contributed by atoms with E-state index in [0.29, 0.717) is 6.54 Å². The second-order valence-corrected chi connectivity index (χ2v) is 4.08. The van der Waals surface area contributed by atoms with E-state index in [0.717, 1.165) is 37.5 Å². The van der Waals surface area contributed by atoms with Crippen molar-refractivity contribution in [1.82, 2.24) is 5.32 Å². The molecular weight excluding hydrogens is 251 g/mol. The van der Waals surface area contributed by atoms with E-state index in [2.05, 4.69) is 10.6 Å². The molecule has 0 atom stereocenters. The molecule has 3 N–H and O–H groups in total. The fourth-order valence-corrected chi connectivity index (χ4v) is 1.55. The molecule has 0 heterocycles. The molecule has 0 saturated carbocycles. The van der Waals surface area contributed by atoms with E-state index in [1.54, 1.807) is 0 Å². The van der Waals surface area contributed by atoms with Crippen molar-refractivity contribution in [3.05, 3.63) is 29.6 Å². The third kappa shape index (κ3) is 4.95. The van der Waals surface area contributed by atoms with Gasteiger partial charge >= 0.3 is 12.0 Å². The maximum Gasteiger partial charge on any atom is 0.337 e. The first kappa shape index (κ1) is 14.9. The topological polar surface area (TPSA) is 78.4 Å². The third-order valence-electron chi connectivity index (χ3n) is 2.53. The Morgan fingerprint density at radius 3 is 2.68 bits per heavy atom. The summed E-state index contributed by atoms with van der Waals surface area (Å²) in [6.07, 6.45) is 2.88. The zero-order chi connectivity index (χ0) is 14.3. The molecule has 0 aliphatic rings. The zero-order valence-electron chi connectivity index (χ0n) is 10.7. The molecule has 0 radical (unpaired) electrons. The van der Waals surface area contributed by atoms with Gasteiger partial charge in [-0.1, -0.05) is 19.8 Å². The molecule has 0 unspecified atom stereocenters. The predicted octanol–water partition coefficient (Wildman–Crippen LogP) is 2.84. The van der Waals surface area contributed by atoms with Gasteiger partial charge in [0, 0.05) is 6.54 Å². The quantitative estimate of drug-likeness (QED) is 0.694. The fraction of sp³-hybridized carbons (Fsp3) is 0.385. The summed E-state index contributed by atoms with van der Waals surface area (Å²) in [5.41, 5.74) is -0.203. The molecule has 0 spiro atoms. The highest BCUT2D eigenvalue weighted by molar-refractivity contribution is 5.99. The molecule has 0 aromatic heterocycles. The number of carbonyl (C=O) groups excluding carboxylic acids is 1. The number of carboxylic acids is 1. The van der Waals surface area contributed by atoms with Gasteiger partial charge in [0.05, 0.1) is 11.3 Å². The summed E-state index contributed by atoms with van der Waals surface area (Å²) in [5.74, 6) is -1.83. The van der Waals surface area contributed by atoms with Crippen molar-refractivity contribution in [2.75, 3.05) is 11.9 Å². The second-order valence-electron chi connectivity index (χ2n) is 4.08. The minimum absolute atomic E-state index is 0.0551. The van der Waals surface area contributed by atoms with Crippen LogP contribution < -0.4 is 10.6 Å². The van der Waals surface area contributed by atoms with Crippen molar-refractivity contribution in [2.45, 2.75) is 26.2 Å². The van der Waals surface area contributed by atoms with Gasteiger partial charge in [0.1, 0.15) is 5.82 Å². The van der Waals surface area contributed by atoms with Gasteiger partial charge in [-0.25, -0.2) is 14.0 Å². The van der Waals surface area contributed by atoms with E-state index in [9.17, 15) is 14.0 Å². The molecule has 1 aromatic carbocycles. The number of halogens is 1. The van der Waals surface area contributed by atoms with Crippen LogP contribution in [0, 0.1) is 5.82 Å². The minimum atomic E-state index is -1.22. The smallest absolute Gasteiger partial charge is 0.337 e. The lowest BCUT2D eigenvalue weighted by Gasteiger charge is -2.09. The first-order valence-electron chi connectivity index (χ1n) is 6.12. The molecule has 2 amide bonds. The number of amides is 2. The fourth-order valence-electron chi connectivity index (χ4n) is 1.55. The summed E-state index contributed by atoms with van der Waals surface area (Å²) < 4.78 is 13.0. The number of nitrogens with one attached hydrogen (secondary N) is 2. The molecule has 0 saturated heterocycles. The molecular formula is C13H17FN2O3. The molecule has 6 heteroatoms. The van der Waals surface area contributed by atoms with Crippen LogP contribution in [0.2, 0.25) is 0 Å². The Hall–Kier alpha value is -2.11. The van der Waals surface area contributed by atoms with Gasteiger partial charge < -0.3 is 15.7 Å². The van der Waals surface area contributed by atoms with Gasteiger partial charge in [-0.05, 0) is 24.6 Å². The van der Waals surface area contributed by atoms with Crippen molar-refractivity contribution in [3.8, 4) is 0 Å². The monoisotopic (exact) mass is 268 g/mol. The summed E-state index contributed by atoms with van der Waals surface area (Å²) in [6, 6.07) is 2.59. The lowest BCUT2D eigenvalue weighted by Crippen LogP contribution is -2.30. The molecule has 19 heavy (non-hydrogen) atoms. The van der Waals surface area contributed by atoms with Gasteiger partial charge in [-0.2, -0.15) is 0 Å². The van der Waals surface area contributed by atoms with Gasteiger partial charge in [0.15, 0.2) is 0 Å². The van der Waals surface area contributed by atoms with E-state index in [1.807, 2.05) is 6.92 Å². The molecule has 0 fully saturated rings. The highest BCUT2D eigenvalue weighted by Gasteiger charge is 2.13. The number of benzene rings is 1. The third-order valence-corrected chi connectivity index (χ3v) is 2.53. The average molecular weight is 268 g/mol. The number of aromatic carboxylic acids is 1. The maximum atomic E-state index is 13.0. The van der Waals surface area contributed by atoms with Crippen molar-refractivity contribution >= 4 is 17.7 Å². The predicted molar refractivity (Wildman–Crippen MR) is 69.9 cm³/mol. The number of hydrogen-bond donors (Lipinski definition) is 3. The van der Waals surface area contributed by atoms with E-state index in [1.165, 1.54) is 0 Å². The summed E-state index contributed by atoms with van der Waals surface area (Å²) in [4.78, 5) is 22.4. The first-order valence-corrected chi connectivity index (χ1v) is 6.12. The van der Waals surface area contributed by atoms with Crippen LogP contribution >= 0.6 is 0 Å². The van der Waals surface area contributed by atoms with Gasteiger partial charge in [-0.3, -0.25) is 0 Å². The van der Waals surface area contributed by atoms with Gasteiger partial charge in [-0.15, -0.1) is 0 Å². The Bertz CT molecular complexity index is 463. The molecule has 1 aromatic rings. The van der Waals surface area contributed by atoms with Crippen LogP contribution in [0.25, 0.3) is 0 Å². The van der Waals surface area contributed by atoms with Crippen LogP contribution in [-0.4, -0.2) is 23.7 Å². The van der Waals surface area contributed by atoms with E-state index < -0.39 is 17.8 Å². The molecule has 104 valence electrons. The Morgan fingerprint density at radius 1 is 1.32 bits per heavy atom. The Balaban J connectivity index is 2.62. The van der Waals surface area contributed by atoms with Gasteiger partial charge in [0.25, 0.3) is 0 Å². The number of carboxylic acid groups (broad SMARTS) is 1. The summed E-state index contributed by atoms with van der Waals surface area (Å²) in [5, 5.41) is 13.8. The van der Waals surface area contributed by atoms with E-state index in [4.69, 9.17) is 5.11 Å². The van der Waals surface area contributed by atoms with Crippen LogP contribution in [0.4, 0.5) is 14.9 Å². The minimum Gasteiger partial charge on any atom is -0.478 e. The second kappa shape index (κ2) is 7.35. The number of hydrogen-bond acceptors (Lipinski definition) is 2. The molecule has 0 aliphatic carbocycles. The van der Waals surface area contributed by atoms with Crippen LogP contribution in [-0.2, 0) is 0 Å². The van der Waals surface area contributed by atoms with Crippen LogP contribution in [0.15, 0.2) is 18.2 Å². The average Bonchev–Trinajstić information content (AvgIpc) is 2.34. The number of unbranched alkanes of at least 4 members (excludes halogenated alkanes) is 2. The lowest BCUT2D eigenvalue weighted by molar-refractivity contribution is 0.0698. The van der Waals surface area contributed by atoms with Crippen LogP contribution in [0.5, 0.6) is 0 Å². The highest BCUT2D eigenvalue weighted by Crippen LogP contribution is 2.17. The molecule has 1 rings (SSSR count). The number of anilines is 1. The Labute approximate surface area is 110 Å². The summed E-state index contributed by atoms with van der Waals surface area (Å²) in [6.45, 7) is 2.54. The van der Waals surface area contributed by atoms with Crippen LogP contribution in [0.3, 0.4) is 0 Å². The van der Waals surface area contributed by atoms with Crippen molar-refractivity contribution < 1.29 is 19.1 Å².